The van der Waals surface area contributed by atoms with Crippen LogP contribution in [-0.4, -0.2) is 4.98 Å². The number of fused-ring (bicyclic) bond motifs is 2. The van der Waals surface area contributed by atoms with Gasteiger partial charge in [0.25, 0.3) is 0 Å². The van der Waals surface area contributed by atoms with E-state index in [4.69, 9.17) is 16.6 Å². The zero-order chi connectivity index (χ0) is 11.9. The van der Waals surface area contributed by atoms with Gasteiger partial charge in [0, 0.05) is 5.69 Å². The summed E-state index contributed by atoms with van der Waals surface area (Å²) in [5.74, 6) is 0. The van der Waals surface area contributed by atoms with Crippen molar-refractivity contribution in [2.45, 2.75) is 49.8 Å². The molecule has 0 aliphatic heterocycles. The summed E-state index contributed by atoms with van der Waals surface area (Å²) in [6.07, 6.45) is 7.39. The van der Waals surface area contributed by atoms with Gasteiger partial charge in [-0.2, -0.15) is 5.26 Å². The first-order valence-corrected chi connectivity index (χ1v) is 6.73. The molecule has 0 radical (unpaired) electrons. The monoisotopic (exact) mass is 246 g/mol. The number of halogens is 1. The summed E-state index contributed by atoms with van der Waals surface area (Å²) in [5.41, 5.74) is 4.60. The van der Waals surface area contributed by atoms with E-state index in [1.807, 2.05) is 0 Å². The first kappa shape index (κ1) is 11.0. The van der Waals surface area contributed by atoms with Gasteiger partial charge in [-0.1, -0.05) is 17.7 Å². The normalized spacial score (nSPS) is 26.8. The van der Waals surface area contributed by atoms with Crippen LogP contribution in [-0.2, 0) is 24.1 Å². The summed E-state index contributed by atoms with van der Waals surface area (Å²) in [6, 6.07) is 4.50. The van der Waals surface area contributed by atoms with Gasteiger partial charge in [0.05, 0.1) is 11.8 Å². The molecule has 1 unspecified atom stereocenters. The summed E-state index contributed by atoms with van der Waals surface area (Å²) in [6.45, 7) is 0. The van der Waals surface area contributed by atoms with Crippen LogP contribution >= 0.6 is 11.6 Å². The van der Waals surface area contributed by atoms with Crippen LogP contribution in [0.1, 0.15) is 48.2 Å². The number of hydrogen-bond donors (Lipinski definition) is 0. The van der Waals surface area contributed by atoms with Gasteiger partial charge in [-0.25, -0.2) is 0 Å². The summed E-state index contributed by atoms with van der Waals surface area (Å²) in [7, 11) is 0. The van der Waals surface area contributed by atoms with E-state index in [2.05, 4.69) is 12.1 Å². The van der Waals surface area contributed by atoms with Crippen molar-refractivity contribution < 1.29 is 0 Å². The van der Waals surface area contributed by atoms with Gasteiger partial charge in [-0.15, -0.1) is 0 Å². The highest BCUT2D eigenvalue weighted by Gasteiger charge is 2.37. The lowest BCUT2D eigenvalue weighted by atomic mass is 9.84. The van der Waals surface area contributed by atoms with E-state index in [0.717, 1.165) is 37.8 Å². The van der Waals surface area contributed by atoms with Gasteiger partial charge in [0.2, 0.25) is 0 Å². The van der Waals surface area contributed by atoms with Crippen molar-refractivity contribution in [2.75, 3.05) is 0 Å². The van der Waals surface area contributed by atoms with E-state index in [-0.39, 0.29) is 0 Å². The number of rotatable bonds is 0. The molecular weight excluding hydrogens is 232 g/mol. The van der Waals surface area contributed by atoms with Gasteiger partial charge in [-0.05, 0) is 56.1 Å². The minimum Gasteiger partial charge on any atom is -0.254 e. The number of hydrogen-bond acceptors (Lipinski definition) is 2. The molecule has 0 N–H and O–H groups in total. The van der Waals surface area contributed by atoms with Crippen LogP contribution in [0.15, 0.2) is 6.07 Å². The predicted molar refractivity (Wildman–Crippen MR) is 67.0 cm³/mol. The van der Waals surface area contributed by atoms with Crippen molar-refractivity contribution in [2.24, 2.45) is 0 Å². The van der Waals surface area contributed by atoms with Crippen LogP contribution in [0, 0.1) is 11.3 Å². The van der Waals surface area contributed by atoms with E-state index in [0.29, 0.717) is 0 Å². The van der Waals surface area contributed by atoms with Crippen molar-refractivity contribution in [1.82, 2.24) is 4.98 Å². The second-order valence-corrected chi connectivity index (χ2v) is 5.72. The molecule has 2 aliphatic carbocycles. The highest BCUT2D eigenvalue weighted by atomic mass is 35.5. The molecule has 88 valence electrons. The molecule has 1 aromatic heterocycles. The lowest BCUT2D eigenvalue weighted by Gasteiger charge is -2.29. The SMILES string of the molecule is N#CC1(Cl)CCCc2cc3c(nc21)CCCC3. The van der Waals surface area contributed by atoms with E-state index in [1.54, 1.807) is 0 Å². The molecule has 1 atom stereocenters. The first-order valence-electron chi connectivity index (χ1n) is 6.35. The fraction of sp³-hybridized carbons (Fsp3) is 0.571. The molecule has 2 nitrogen and oxygen atoms in total. The highest BCUT2D eigenvalue weighted by Crippen LogP contribution is 2.40. The third-order valence-corrected chi connectivity index (χ3v) is 4.35. The molecule has 2 aliphatic rings. The number of nitriles is 1. The zero-order valence-electron chi connectivity index (χ0n) is 9.80. The number of aromatic nitrogens is 1. The Balaban J connectivity index is 2.15. The number of pyridine rings is 1. The third-order valence-electron chi connectivity index (χ3n) is 3.90. The second kappa shape index (κ2) is 3.99. The van der Waals surface area contributed by atoms with Crippen molar-refractivity contribution in [3.05, 3.63) is 28.6 Å². The van der Waals surface area contributed by atoms with E-state index in [1.165, 1.54) is 29.7 Å². The molecule has 3 heteroatoms. The Morgan fingerprint density at radius 3 is 2.76 bits per heavy atom. The summed E-state index contributed by atoms with van der Waals surface area (Å²) in [4.78, 5) is 3.85. The average molecular weight is 247 g/mol. The fourth-order valence-electron chi connectivity index (χ4n) is 2.96. The molecule has 1 heterocycles. The first-order chi connectivity index (χ1) is 8.23. The quantitative estimate of drug-likeness (QED) is 0.659. The fourth-order valence-corrected chi connectivity index (χ4v) is 3.26. The lowest BCUT2D eigenvalue weighted by molar-refractivity contribution is 0.558. The van der Waals surface area contributed by atoms with Gasteiger partial charge in [-0.3, -0.25) is 4.98 Å². The number of alkyl halides is 1. The van der Waals surface area contributed by atoms with Gasteiger partial charge >= 0.3 is 0 Å². The topological polar surface area (TPSA) is 36.7 Å². The Morgan fingerprint density at radius 2 is 1.94 bits per heavy atom. The van der Waals surface area contributed by atoms with E-state index >= 15 is 0 Å². The van der Waals surface area contributed by atoms with Crippen molar-refractivity contribution in [1.29, 1.82) is 5.26 Å². The van der Waals surface area contributed by atoms with Crippen LogP contribution in [0.2, 0.25) is 0 Å². The Hall–Kier alpha value is -1.07. The molecule has 0 amide bonds. The molecule has 0 saturated heterocycles. The minimum absolute atomic E-state index is 0.726. The maximum absolute atomic E-state index is 9.28. The summed E-state index contributed by atoms with van der Waals surface area (Å²) < 4.78 is 0. The molecule has 0 aromatic carbocycles. The largest absolute Gasteiger partial charge is 0.254 e. The highest BCUT2D eigenvalue weighted by molar-refractivity contribution is 6.25. The third kappa shape index (κ3) is 1.73. The Morgan fingerprint density at radius 1 is 1.18 bits per heavy atom. The van der Waals surface area contributed by atoms with E-state index < -0.39 is 4.87 Å². The van der Waals surface area contributed by atoms with Crippen molar-refractivity contribution >= 4 is 11.6 Å². The van der Waals surface area contributed by atoms with Crippen LogP contribution < -0.4 is 0 Å². The standard InChI is InChI=1S/C14H15ClN2/c15-14(9-16)7-3-5-11-8-10-4-1-2-6-12(10)17-13(11)14/h8H,1-7H2. The molecule has 0 spiro atoms. The van der Waals surface area contributed by atoms with Crippen LogP contribution in [0.5, 0.6) is 0 Å². The lowest BCUT2D eigenvalue weighted by Crippen LogP contribution is -2.26. The van der Waals surface area contributed by atoms with Crippen molar-refractivity contribution in [3.63, 3.8) is 0 Å². The van der Waals surface area contributed by atoms with Crippen LogP contribution in [0.4, 0.5) is 0 Å². The molecule has 1 aromatic rings. The van der Waals surface area contributed by atoms with Gasteiger partial charge in [0.1, 0.15) is 0 Å². The summed E-state index contributed by atoms with van der Waals surface area (Å²) in [5, 5.41) is 9.28. The van der Waals surface area contributed by atoms with Gasteiger partial charge in [0.15, 0.2) is 4.87 Å². The Bertz CT molecular complexity index is 504. The predicted octanol–water partition coefficient (Wildman–Crippen LogP) is 3.25. The average Bonchev–Trinajstić information content (AvgIpc) is 2.37. The zero-order valence-corrected chi connectivity index (χ0v) is 10.6. The van der Waals surface area contributed by atoms with Crippen LogP contribution in [0.3, 0.4) is 0 Å². The molecular formula is C14H15ClN2. The molecule has 0 bridgehead atoms. The van der Waals surface area contributed by atoms with Crippen LogP contribution in [0.25, 0.3) is 0 Å². The minimum atomic E-state index is -0.875. The second-order valence-electron chi connectivity index (χ2n) is 5.08. The molecule has 3 rings (SSSR count). The van der Waals surface area contributed by atoms with E-state index in [9.17, 15) is 5.26 Å². The van der Waals surface area contributed by atoms with Crippen molar-refractivity contribution in [3.8, 4) is 6.07 Å². The molecule has 0 saturated carbocycles. The van der Waals surface area contributed by atoms with Gasteiger partial charge < -0.3 is 0 Å². The maximum Gasteiger partial charge on any atom is 0.172 e. The Labute approximate surface area is 107 Å². The molecule has 0 fully saturated rings. The molecule has 17 heavy (non-hydrogen) atoms. The smallest absolute Gasteiger partial charge is 0.172 e. The summed E-state index contributed by atoms with van der Waals surface area (Å²) >= 11 is 6.41. The number of nitrogens with zero attached hydrogens (tertiary/aromatic N) is 2. The Kier molecular flexibility index (Phi) is 2.60. The number of aryl methyl sites for hydroxylation is 3. The maximum atomic E-state index is 9.28.